The Morgan fingerprint density at radius 2 is 2.11 bits per heavy atom. The number of fused-ring (bicyclic) bond motifs is 1. The van der Waals surface area contributed by atoms with E-state index >= 15 is 0 Å². The van der Waals surface area contributed by atoms with Crippen LogP contribution in [0.2, 0.25) is 0 Å². The van der Waals surface area contributed by atoms with E-state index in [1.54, 1.807) is 10.8 Å². The van der Waals surface area contributed by atoms with Crippen molar-refractivity contribution in [3.63, 3.8) is 0 Å². The second-order valence-electron chi connectivity index (χ2n) is 7.22. The molecular formula is C19H24N8O. The van der Waals surface area contributed by atoms with E-state index in [1.165, 1.54) is 0 Å². The molecule has 0 radical (unpaired) electrons. The zero-order valence-electron chi connectivity index (χ0n) is 15.7. The SMILES string of the molecule is c1nc2c(Nc3ccc(N4CCOCC4)nc3)nc(C3CCCNC3)cn2n1. The lowest BCUT2D eigenvalue weighted by molar-refractivity contribution is 0.122. The van der Waals surface area contributed by atoms with Gasteiger partial charge in [-0.05, 0) is 31.5 Å². The smallest absolute Gasteiger partial charge is 0.198 e. The molecule has 3 aromatic heterocycles. The van der Waals surface area contributed by atoms with Crippen molar-refractivity contribution in [3.8, 4) is 0 Å². The molecular weight excluding hydrogens is 356 g/mol. The first-order valence-corrected chi connectivity index (χ1v) is 9.83. The summed E-state index contributed by atoms with van der Waals surface area (Å²) in [7, 11) is 0. The molecule has 9 nitrogen and oxygen atoms in total. The molecule has 28 heavy (non-hydrogen) atoms. The monoisotopic (exact) mass is 380 g/mol. The first-order valence-electron chi connectivity index (χ1n) is 9.83. The molecule has 0 saturated carbocycles. The lowest BCUT2D eigenvalue weighted by Crippen LogP contribution is -2.36. The molecule has 5 rings (SSSR count). The first kappa shape index (κ1) is 17.3. The Hall–Kier alpha value is -2.78. The summed E-state index contributed by atoms with van der Waals surface area (Å²) >= 11 is 0. The van der Waals surface area contributed by atoms with Gasteiger partial charge < -0.3 is 20.3 Å². The number of aromatic nitrogens is 5. The van der Waals surface area contributed by atoms with Crippen molar-refractivity contribution in [3.05, 3.63) is 36.5 Å². The van der Waals surface area contributed by atoms with Gasteiger partial charge in [-0.3, -0.25) is 0 Å². The normalized spacial score (nSPS) is 20.4. The van der Waals surface area contributed by atoms with Crippen molar-refractivity contribution in [2.75, 3.05) is 49.6 Å². The van der Waals surface area contributed by atoms with Gasteiger partial charge in [0.25, 0.3) is 0 Å². The lowest BCUT2D eigenvalue weighted by Gasteiger charge is -2.27. The molecule has 0 aromatic carbocycles. The van der Waals surface area contributed by atoms with Gasteiger partial charge in [0.1, 0.15) is 12.1 Å². The molecule has 9 heteroatoms. The maximum Gasteiger partial charge on any atom is 0.198 e. The van der Waals surface area contributed by atoms with Crippen LogP contribution in [0.4, 0.5) is 17.3 Å². The van der Waals surface area contributed by atoms with Crippen LogP contribution in [0.15, 0.2) is 30.9 Å². The summed E-state index contributed by atoms with van der Waals surface area (Å²) in [5.74, 6) is 2.07. The number of anilines is 3. The van der Waals surface area contributed by atoms with Crippen LogP contribution >= 0.6 is 0 Å². The molecule has 0 aliphatic carbocycles. The number of pyridine rings is 1. The molecule has 5 heterocycles. The Bertz CT molecular complexity index is 929. The third-order valence-electron chi connectivity index (χ3n) is 5.34. The average molecular weight is 380 g/mol. The first-order chi connectivity index (χ1) is 13.9. The van der Waals surface area contributed by atoms with Crippen LogP contribution < -0.4 is 15.5 Å². The lowest BCUT2D eigenvalue weighted by atomic mass is 9.96. The largest absolute Gasteiger partial charge is 0.378 e. The summed E-state index contributed by atoms with van der Waals surface area (Å²) in [6, 6.07) is 4.06. The highest BCUT2D eigenvalue weighted by Crippen LogP contribution is 2.26. The fourth-order valence-electron chi connectivity index (χ4n) is 3.81. The number of rotatable bonds is 4. The molecule has 0 amide bonds. The fraction of sp³-hybridized carbons (Fsp3) is 0.474. The third-order valence-corrected chi connectivity index (χ3v) is 5.34. The van der Waals surface area contributed by atoms with Gasteiger partial charge in [-0.2, -0.15) is 5.10 Å². The number of hydrogen-bond acceptors (Lipinski definition) is 8. The molecule has 2 aliphatic heterocycles. The second kappa shape index (κ2) is 7.69. The highest BCUT2D eigenvalue weighted by Gasteiger charge is 2.19. The maximum absolute atomic E-state index is 5.41. The predicted molar refractivity (Wildman–Crippen MR) is 106 cm³/mol. The van der Waals surface area contributed by atoms with E-state index in [4.69, 9.17) is 9.72 Å². The van der Waals surface area contributed by atoms with Gasteiger partial charge >= 0.3 is 0 Å². The predicted octanol–water partition coefficient (Wildman–Crippen LogP) is 1.57. The quantitative estimate of drug-likeness (QED) is 0.705. The van der Waals surface area contributed by atoms with E-state index in [-0.39, 0.29) is 0 Å². The Labute approximate surface area is 163 Å². The number of morpholine rings is 1. The van der Waals surface area contributed by atoms with Gasteiger partial charge in [-0.15, -0.1) is 0 Å². The molecule has 2 fully saturated rings. The molecule has 1 unspecified atom stereocenters. The zero-order valence-corrected chi connectivity index (χ0v) is 15.7. The Kier molecular flexibility index (Phi) is 4.76. The van der Waals surface area contributed by atoms with Crippen LogP contribution in [0, 0.1) is 0 Å². The van der Waals surface area contributed by atoms with E-state index in [0.29, 0.717) is 17.4 Å². The van der Waals surface area contributed by atoms with E-state index in [2.05, 4.69) is 30.6 Å². The minimum atomic E-state index is 0.393. The number of nitrogens with zero attached hydrogens (tertiary/aromatic N) is 6. The number of nitrogens with one attached hydrogen (secondary N) is 2. The zero-order chi connectivity index (χ0) is 18.8. The van der Waals surface area contributed by atoms with Gasteiger partial charge in [0.15, 0.2) is 11.5 Å². The van der Waals surface area contributed by atoms with Crippen molar-refractivity contribution in [2.45, 2.75) is 18.8 Å². The highest BCUT2D eigenvalue weighted by molar-refractivity contribution is 5.69. The standard InChI is InChI=1S/C19H24N8O/c1-2-14(10-20-5-1)16-12-27-19(22-13-23-27)18(25-16)24-15-3-4-17(21-11-15)26-6-8-28-9-7-26/h3-4,11-14,20H,1-2,5-10H2,(H,24,25). The van der Waals surface area contributed by atoms with Crippen LogP contribution in [0.25, 0.3) is 5.65 Å². The molecule has 146 valence electrons. The molecule has 2 aliphatic rings. The Morgan fingerprint density at radius 3 is 2.89 bits per heavy atom. The van der Waals surface area contributed by atoms with Crippen LogP contribution in [0.3, 0.4) is 0 Å². The van der Waals surface area contributed by atoms with Crippen molar-refractivity contribution in [2.24, 2.45) is 0 Å². The van der Waals surface area contributed by atoms with E-state index in [0.717, 1.165) is 69.4 Å². The molecule has 3 aromatic rings. The topological polar surface area (TPSA) is 92.5 Å². The summed E-state index contributed by atoms with van der Waals surface area (Å²) in [5, 5.41) is 11.2. The number of ether oxygens (including phenoxy) is 1. The Morgan fingerprint density at radius 1 is 1.18 bits per heavy atom. The number of hydrogen-bond donors (Lipinski definition) is 2. The van der Waals surface area contributed by atoms with E-state index < -0.39 is 0 Å². The third kappa shape index (κ3) is 3.50. The summed E-state index contributed by atoms with van der Waals surface area (Å²) < 4.78 is 7.21. The Balaban J connectivity index is 1.40. The molecule has 2 saturated heterocycles. The second-order valence-corrected chi connectivity index (χ2v) is 7.22. The van der Waals surface area contributed by atoms with Crippen molar-refractivity contribution >= 4 is 23.0 Å². The summed E-state index contributed by atoms with van der Waals surface area (Å²) in [4.78, 5) is 16.1. The van der Waals surface area contributed by atoms with Crippen LogP contribution in [0.5, 0.6) is 0 Å². The van der Waals surface area contributed by atoms with E-state index in [1.807, 2.05) is 24.5 Å². The summed E-state index contributed by atoms with van der Waals surface area (Å²) in [6.07, 6.45) is 7.69. The van der Waals surface area contributed by atoms with E-state index in [9.17, 15) is 0 Å². The minimum absolute atomic E-state index is 0.393. The van der Waals surface area contributed by atoms with Gasteiger partial charge in [0.2, 0.25) is 0 Å². The van der Waals surface area contributed by atoms with Gasteiger partial charge in [-0.1, -0.05) is 0 Å². The molecule has 0 bridgehead atoms. The van der Waals surface area contributed by atoms with Gasteiger partial charge in [-0.25, -0.2) is 19.5 Å². The van der Waals surface area contributed by atoms with Crippen LogP contribution in [0.1, 0.15) is 24.5 Å². The van der Waals surface area contributed by atoms with Crippen molar-refractivity contribution < 1.29 is 4.74 Å². The summed E-state index contributed by atoms with van der Waals surface area (Å²) in [6.45, 7) is 5.27. The molecule has 1 atom stereocenters. The number of piperidine rings is 1. The molecule has 2 N–H and O–H groups in total. The van der Waals surface area contributed by atoms with Crippen LogP contribution in [-0.2, 0) is 4.74 Å². The van der Waals surface area contributed by atoms with Crippen molar-refractivity contribution in [1.82, 2.24) is 29.9 Å². The summed E-state index contributed by atoms with van der Waals surface area (Å²) in [5.41, 5.74) is 2.63. The average Bonchev–Trinajstić information content (AvgIpc) is 3.25. The minimum Gasteiger partial charge on any atom is -0.378 e. The molecule has 0 spiro atoms. The highest BCUT2D eigenvalue weighted by atomic mass is 16.5. The van der Waals surface area contributed by atoms with Gasteiger partial charge in [0, 0.05) is 25.6 Å². The van der Waals surface area contributed by atoms with Crippen LogP contribution in [-0.4, -0.2) is 64.0 Å². The fourth-order valence-corrected chi connectivity index (χ4v) is 3.81. The van der Waals surface area contributed by atoms with Crippen molar-refractivity contribution in [1.29, 1.82) is 0 Å². The van der Waals surface area contributed by atoms with Gasteiger partial charge in [0.05, 0.1) is 37.0 Å². The maximum atomic E-state index is 5.41.